The molecule has 6 heteroatoms. The number of carbonyl (C=O) groups is 1. The Morgan fingerprint density at radius 1 is 1.10 bits per heavy atom. The monoisotopic (exact) mass is 419 g/mol. The third kappa shape index (κ3) is 2.77. The molecule has 4 unspecified atom stereocenters. The SMILES string of the molecule is CNC(=O)c1cc(O)cc2c1C1(C)CCC3C(C)(C)CCCC3(C)C1CS2(=O)=O. The lowest BCUT2D eigenvalue weighted by Gasteiger charge is -2.64. The maximum Gasteiger partial charge on any atom is 0.251 e. The van der Waals surface area contributed by atoms with E-state index in [4.69, 9.17) is 0 Å². The van der Waals surface area contributed by atoms with Crippen LogP contribution in [0.1, 0.15) is 75.7 Å². The van der Waals surface area contributed by atoms with Gasteiger partial charge in [0, 0.05) is 12.6 Å². The molecule has 0 radical (unpaired) electrons. The number of amides is 1. The highest BCUT2D eigenvalue weighted by Gasteiger charge is 2.62. The number of sulfone groups is 1. The minimum Gasteiger partial charge on any atom is -0.508 e. The molecule has 1 aromatic carbocycles. The summed E-state index contributed by atoms with van der Waals surface area (Å²) < 4.78 is 26.8. The number of phenols is 1. The van der Waals surface area contributed by atoms with Crippen molar-refractivity contribution in [3.8, 4) is 5.75 Å². The Kier molecular flexibility index (Phi) is 4.44. The first-order chi connectivity index (χ1) is 13.4. The fraction of sp³-hybridized carbons (Fsp3) is 0.696. The van der Waals surface area contributed by atoms with Crippen LogP contribution < -0.4 is 5.32 Å². The van der Waals surface area contributed by atoms with Crippen LogP contribution in [0.4, 0.5) is 0 Å². The molecule has 2 saturated carbocycles. The van der Waals surface area contributed by atoms with Gasteiger partial charge in [0.25, 0.3) is 5.91 Å². The van der Waals surface area contributed by atoms with Crippen molar-refractivity contribution in [1.29, 1.82) is 0 Å². The molecule has 0 aromatic heterocycles. The van der Waals surface area contributed by atoms with Crippen LogP contribution in [-0.2, 0) is 15.3 Å². The predicted molar refractivity (Wildman–Crippen MR) is 113 cm³/mol. The fourth-order valence-electron chi connectivity index (χ4n) is 7.38. The molecule has 5 nitrogen and oxygen atoms in total. The molecule has 2 fully saturated rings. The molecule has 1 aromatic rings. The van der Waals surface area contributed by atoms with Gasteiger partial charge >= 0.3 is 0 Å². The average Bonchev–Trinajstić information content (AvgIpc) is 2.62. The number of fused-ring (bicyclic) bond motifs is 5. The number of hydrogen-bond donors (Lipinski definition) is 2. The molecule has 4 atom stereocenters. The number of hydrogen-bond acceptors (Lipinski definition) is 4. The highest BCUT2D eigenvalue weighted by molar-refractivity contribution is 7.91. The van der Waals surface area contributed by atoms with Crippen molar-refractivity contribution in [2.45, 2.75) is 70.1 Å². The molecular weight excluding hydrogens is 386 g/mol. The van der Waals surface area contributed by atoms with Crippen LogP contribution in [0.3, 0.4) is 0 Å². The Bertz CT molecular complexity index is 983. The van der Waals surface area contributed by atoms with Crippen molar-refractivity contribution in [3.63, 3.8) is 0 Å². The first kappa shape index (κ1) is 20.7. The second-order valence-electron chi connectivity index (χ2n) is 10.6. The molecule has 3 aliphatic rings. The standard InChI is InChI=1S/C23H33NO4S/c1-21(2)8-6-9-22(3)17(21)7-10-23(4)18(22)13-29(27,28)16-12-14(25)11-15(19(16)23)20(26)24-5/h11-12,17-18,25H,6-10,13H2,1-5H3,(H,24,26). The Morgan fingerprint density at radius 2 is 1.79 bits per heavy atom. The summed E-state index contributed by atoms with van der Waals surface area (Å²) in [7, 11) is -2.06. The Labute approximate surface area is 174 Å². The molecule has 1 aliphatic heterocycles. The van der Waals surface area contributed by atoms with Crippen molar-refractivity contribution in [2.24, 2.45) is 22.7 Å². The van der Waals surface area contributed by atoms with Crippen LogP contribution in [0.5, 0.6) is 5.75 Å². The van der Waals surface area contributed by atoms with Gasteiger partial charge in [-0.1, -0.05) is 34.1 Å². The molecule has 0 bridgehead atoms. The lowest BCUT2D eigenvalue weighted by Crippen LogP contribution is -2.60. The summed E-state index contributed by atoms with van der Waals surface area (Å²) in [6.45, 7) is 9.10. The lowest BCUT2D eigenvalue weighted by atomic mass is 9.42. The summed E-state index contributed by atoms with van der Waals surface area (Å²) in [6, 6.07) is 2.78. The van der Waals surface area contributed by atoms with E-state index in [2.05, 4.69) is 33.0 Å². The quantitative estimate of drug-likeness (QED) is 0.720. The smallest absolute Gasteiger partial charge is 0.251 e. The lowest BCUT2D eigenvalue weighted by molar-refractivity contribution is -0.0982. The van der Waals surface area contributed by atoms with Gasteiger partial charge in [-0.05, 0) is 71.5 Å². The minimum atomic E-state index is -3.60. The summed E-state index contributed by atoms with van der Waals surface area (Å²) in [5.74, 6) is 0.00557. The van der Waals surface area contributed by atoms with Gasteiger partial charge in [0.2, 0.25) is 0 Å². The van der Waals surface area contributed by atoms with Crippen LogP contribution in [0.2, 0.25) is 0 Å². The number of phenolic OH excluding ortho intramolecular Hbond substituents is 1. The van der Waals surface area contributed by atoms with Gasteiger partial charge < -0.3 is 10.4 Å². The van der Waals surface area contributed by atoms with Gasteiger partial charge in [0.1, 0.15) is 5.75 Å². The fourth-order valence-corrected chi connectivity index (χ4v) is 9.70. The summed E-state index contributed by atoms with van der Waals surface area (Å²) in [5.41, 5.74) is 0.618. The summed E-state index contributed by atoms with van der Waals surface area (Å²) in [6.07, 6.45) is 5.21. The average molecular weight is 420 g/mol. The Hall–Kier alpha value is -1.56. The first-order valence-corrected chi connectivity index (χ1v) is 12.3. The van der Waals surface area contributed by atoms with Crippen LogP contribution in [0.25, 0.3) is 0 Å². The summed E-state index contributed by atoms with van der Waals surface area (Å²) in [4.78, 5) is 12.9. The Morgan fingerprint density at radius 3 is 2.45 bits per heavy atom. The van der Waals surface area contributed by atoms with Crippen LogP contribution in [0, 0.1) is 22.7 Å². The number of nitrogens with one attached hydrogen (secondary N) is 1. The minimum absolute atomic E-state index is 0.0428. The number of rotatable bonds is 1. The van der Waals surface area contributed by atoms with Gasteiger partial charge in [-0.2, -0.15) is 0 Å². The molecule has 1 amide bonds. The largest absolute Gasteiger partial charge is 0.508 e. The molecular formula is C23H33NO4S. The third-order valence-electron chi connectivity index (χ3n) is 8.64. The molecule has 2 N–H and O–H groups in total. The van der Waals surface area contributed by atoms with Crippen LogP contribution in [0.15, 0.2) is 17.0 Å². The molecule has 29 heavy (non-hydrogen) atoms. The van der Waals surface area contributed by atoms with E-state index in [1.165, 1.54) is 25.6 Å². The zero-order valence-electron chi connectivity index (χ0n) is 18.1. The van der Waals surface area contributed by atoms with Gasteiger partial charge in [-0.15, -0.1) is 0 Å². The molecule has 0 saturated heterocycles. The first-order valence-electron chi connectivity index (χ1n) is 10.7. The summed E-state index contributed by atoms with van der Waals surface area (Å²) in [5, 5.41) is 12.8. The van der Waals surface area contributed by atoms with Gasteiger partial charge in [0.05, 0.1) is 10.6 Å². The second kappa shape index (κ2) is 6.22. The van der Waals surface area contributed by atoms with E-state index >= 15 is 0 Å². The summed E-state index contributed by atoms with van der Waals surface area (Å²) >= 11 is 0. The highest BCUT2D eigenvalue weighted by atomic mass is 32.2. The number of carbonyl (C=O) groups excluding carboxylic acids is 1. The number of aromatic hydroxyl groups is 1. The Balaban J connectivity index is 1.99. The van der Waals surface area contributed by atoms with Gasteiger partial charge in [-0.3, -0.25) is 4.79 Å². The van der Waals surface area contributed by atoms with E-state index in [-0.39, 0.29) is 39.1 Å². The topological polar surface area (TPSA) is 83.5 Å². The van der Waals surface area contributed by atoms with Crippen molar-refractivity contribution >= 4 is 15.7 Å². The maximum absolute atomic E-state index is 13.4. The van der Waals surface area contributed by atoms with E-state index in [0.29, 0.717) is 17.0 Å². The van der Waals surface area contributed by atoms with E-state index in [9.17, 15) is 18.3 Å². The van der Waals surface area contributed by atoms with Gasteiger partial charge in [-0.25, -0.2) is 8.42 Å². The van der Waals surface area contributed by atoms with Crippen LogP contribution in [-0.4, -0.2) is 32.2 Å². The number of benzene rings is 1. The van der Waals surface area contributed by atoms with Crippen LogP contribution >= 0.6 is 0 Å². The zero-order valence-corrected chi connectivity index (χ0v) is 18.9. The molecule has 4 rings (SSSR count). The normalized spacial score (nSPS) is 37.0. The third-order valence-corrected chi connectivity index (χ3v) is 10.4. The predicted octanol–water partition coefficient (Wildman–Crippen LogP) is 4.04. The van der Waals surface area contributed by atoms with E-state index in [1.54, 1.807) is 0 Å². The molecule has 2 aliphatic carbocycles. The van der Waals surface area contributed by atoms with E-state index < -0.39 is 15.3 Å². The molecule has 0 spiro atoms. The molecule has 1 heterocycles. The highest BCUT2D eigenvalue weighted by Crippen LogP contribution is 2.66. The van der Waals surface area contributed by atoms with Crippen molar-refractivity contribution in [2.75, 3.05) is 12.8 Å². The van der Waals surface area contributed by atoms with E-state index in [1.807, 2.05) is 0 Å². The van der Waals surface area contributed by atoms with E-state index in [0.717, 1.165) is 25.7 Å². The second-order valence-corrected chi connectivity index (χ2v) is 12.6. The zero-order chi connectivity index (χ0) is 21.4. The van der Waals surface area contributed by atoms with Crippen molar-refractivity contribution in [3.05, 3.63) is 23.3 Å². The van der Waals surface area contributed by atoms with Gasteiger partial charge in [0.15, 0.2) is 9.84 Å². The molecule has 160 valence electrons. The van der Waals surface area contributed by atoms with Crippen molar-refractivity contribution < 1.29 is 18.3 Å². The van der Waals surface area contributed by atoms with Crippen molar-refractivity contribution in [1.82, 2.24) is 5.32 Å². The maximum atomic E-state index is 13.4.